The highest BCUT2D eigenvalue weighted by Gasteiger charge is 2.50. The molecule has 1 aliphatic rings. The van der Waals surface area contributed by atoms with E-state index < -0.39 is 11.2 Å². The molecule has 0 amide bonds. The topological polar surface area (TPSA) is 57.5 Å². The zero-order valence-electron chi connectivity index (χ0n) is 13.8. The van der Waals surface area contributed by atoms with Crippen LogP contribution in [0, 0.1) is 11.3 Å². The van der Waals surface area contributed by atoms with Gasteiger partial charge in [-0.05, 0) is 58.9 Å². The molecule has 1 N–H and O–H groups in total. The van der Waals surface area contributed by atoms with Gasteiger partial charge in [-0.2, -0.15) is 5.26 Å². The van der Waals surface area contributed by atoms with E-state index in [1.54, 1.807) is 0 Å². The normalized spacial score (nSPS) is 20.8. The molecule has 22 heavy (non-hydrogen) atoms. The van der Waals surface area contributed by atoms with Crippen molar-refractivity contribution in [3.63, 3.8) is 0 Å². The first-order valence-electron chi connectivity index (χ1n) is 7.36. The predicted octanol–water partition coefficient (Wildman–Crippen LogP) is 3.81. The van der Waals surface area contributed by atoms with Crippen LogP contribution in [0.4, 0.5) is 11.4 Å². The largest absolute Gasteiger partial charge is 0.367 e. The van der Waals surface area contributed by atoms with Crippen molar-refractivity contribution in [1.29, 1.82) is 5.26 Å². The molecule has 0 spiro atoms. The number of hydrogen-bond donors (Lipinski definition) is 1. The molecule has 1 aromatic rings. The summed E-state index contributed by atoms with van der Waals surface area (Å²) < 4.78 is 0. The Hall–Kier alpha value is -2.03. The van der Waals surface area contributed by atoms with Crippen LogP contribution in [0.1, 0.15) is 34.6 Å². The van der Waals surface area contributed by atoms with Crippen molar-refractivity contribution in [3.05, 3.63) is 36.4 Å². The summed E-state index contributed by atoms with van der Waals surface area (Å²) in [5, 5.41) is 13.6. The van der Waals surface area contributed by atoms with Gasteiger partial charge in [0.2, 0.25) is 0 Å². The van der Waals surface area contributed by atoms with E-state index in [0.29, 0.717) is 0 Å². The lowest BCUT2D eigenvalue weighted by Crippen LogP contribution is -2.41. The van der Waals surface area contributed by atoms with Crippen LogP contribution in [-0.4, -0.2) is 17.2 Å². The van der Waals surface area contributed by atoms with E-state index >= 15 is 0 Å². The number of anilines is 2. The molecular formula is C17H23N3O2. The highest BCUT2D eigenvalue weighted by Crippen LogP contribution is 2.39. The Labute approximate surface area is 132 Å². The van der Waals surface area contributed by atoms with E-state index in [9.17, 15) is 0 Å². The average molecular weight is 301 g/mol. The van der Waals surface area contributed by atoms with Crippen LogP contribution in [0.25, 0.3) is 0 Å². The molecule has 0 aromatic heterocycles. The fraction of sp³-hybridized carbons (Fsp3) is 0.471. The Morgan fingerprint density at radius 3 is 2.14 bits per heavy atom. The van der Waals surface area contributed by atoms with Crippen LogP contribution in [-0.2, 0) is 9.68 Å². The molecule has 5 heteroatoms. The Kier molecular flexibility index (Phi) is 4.45. The van der Waals surface area contributed by atoms with Gasteiger partial charge in [0.25, 0.3) is 0 Å². The summed E-state index contributed by atoms with van der Waals surface area (Å²) in [5.74, 6) is 0. The van der Waals surface area contributed by atoms with E-state index in [1.807, 2.05) is 71.0 Å². The Balaban J connectivity index is 2.09. The van der Waals surface area contributed by atoms with Gasteiger partial charge in [0.15, 0.2) is 0 Å². The molecule has 1 heterocycles. The minimum absolute atomic E-state index is 0.340. The monoisotopic (exact) mass is 301 g/mol. The summed E-state index contributed by atoms with van der Waals surface area (Å²) in [6, 6.07) is 9.42. The number of hydrogen-bond acceptors (Lipinski definition) is 5. The minimum atomic E-state index is -0.415. The summed E-state index contributed by atoms with van der Waals surface area (Å²) >= 11 is 0. The van der Waals surface area contributed by atoms with E-state index in [-0.39, 0.29) is 6.04 Å². The standard InChI is InChI=1S/C17H23N3O2/c1-6-7-14(12-18)19-13-8-10-15(11-9-13)20-21-16(2,3)17(4,5)22-20/h6-11,14,19H,1-5H3/b7-6+. The first-order valence-corrected chi connectivity index (χ1v) is 7.36. The molecule has 0 bridgehead atoms. The lowest BCUT2D eigenvalue weighted by molar-refractivity contribution is -0.0272. The Morgan fingerprint density at radius 2 is 1.68 bits per heavy atom. The maximum Gasteiger partial charge on any atom is 0.133 e. The number of rotatable bonds is 4. The van der Waals surface area contributed by atoms with Crippen LogP contribution < -0.4 is 10.5 Å². The number of nitrogens with one attached hydrogen (secondary N) is 1. The fourth-order valence-corrected chi connectivity index (χ4v) is 1.93. The van der Waals surface area contributed by atoms with Crippen LogP contribution in [0.2, 0.25) is 0 Å². The highest BCUT2D eigenvalue weighted by molar-refractivity contribution is 5.54. The molecule has 1 aliphatic heterocycles. The van der Waals surface area contributed by atoms with Gasteiger partial charge in [-0.25, -0.2) is 9.68 Å². The fourth-order valence-electron chi connectivity index (χ4n) is 1.93. The van der Waals surface area contributed by atoms with Gasteiger partial charge in [-0.15, -0.1) is 5.23 Å². The first-order chi connectivity index (χ1) is 10.3. The summed E-state index contributed by atoms with van der Waals surface area (Å²) in [6.45, 7) is 9.88. The molecule has 5 nitrogen and oxygen atoms in total. The second-order valence-electron chi connectivity index (χ2n) is 6.28. The van der Waals surface area contributed by atoms with Gasteiger partial charge >= 0.3 is 0 Å². The zero-order chi connectivity index (χ0) is 16.4. The second-order valence-corrected chi connectivity index (χ2v) is 6.28. The van der Waals surface area contributed by atoms with Gasteiger partial charge in [-0.3, -0.25) is 0 Å². The van der Waals surface area contributed by atoms with Crippen LogP contribution in [0.15, 0.2) is 36.4 Å². The van der Waals surface area contributed by atoms with E-state index in [0.717, 1.165) is 11.4 Å². The molecule has 1 unspecified atom stereocenters. The molecule has 0 radical (unpaired) electrons. The van der Waals surface area contributed by atoms with Crippen LogP contribution in [0.3, 0.4) is 0 Å². The van der Waals surface area contributed by atoms with Crippen LogP contribution in [0.5, 0.6) is 0 Å². The van der Waals surface area contributed by atoms with Crippen molar-refractivity contribution in [3.8, 4) is 6.07 Å². The average Bonchev–Trinajstić information content (AvgIpc) is 2.67. The van der Waals surface area contributed by atoms with E-state index in [4.69, 9.17) is 14.9 Å². The number of nitriles is 1. The molecule has 0 saturated carbocycles. The Morgan fingerprint density at radius 1 is 1.14 bits per heavy atom. The lowest BCUT2D eigenvalue weighted by atomic mass is 9.90. The molecule has 1 fully saturated rings. The van der Waals surface area contributed by atoms with Crippen molar-refractivity contribution < 1.29 is 9.68 Å². The van der Waals surface area contributed by atoms with Crippen molar-refractivity contribution in [2.75, 3.05) is 10.5 Å². The summed E-state index contributed by atoms with van der Waals surface area (Å²) in [7, 11) is 0. The third-order valence-corrected chi connectivity index (χ3v) is 4.00. The van der Waals surface area contributed by atoms with Gasteiger partial charge in [0.1, 0.15) is 17.2 Å². The van der Waals surface area contributed by atoms with Crippen molar-refractivity contribution in [2.45, 2.75) is 51.9 Å². The molecule has 2 rings (SSSR count). The first kappa shape index (κ1) is 16.3. The minimum Gasteiger partial charge on any atom is -0.367 e. The maximum absolute atomic E-state index is 9.05. The van der Waals surface area contributed by atoms with Crippen molar-refractivity contribution in [1.82, 2.24) is 0 Å². The van der Waals surface area contributed by atoms with Gasteiger partial charge in [0, 0.05) is 5.69 Å². The Bertz CT molecular complexity index is 569. The predicted molar refractivity (Wildman–Crippen MR) is 87.1 cm³/mol. The summed E-state index contributed by atoms with van der Waals surface area (Å²) in [4.78, 5) is 11.7. The van der Waals surface area contributed by atoms with Crippen molar-refractivity contribution in [2.24, 2.45) is 0 Å². The molecule has 1 atom stereocenters. The van der Waals surface area contributed by atoms with Crippen molar-refractivity contribution >= 4 is 11.4 Å². The summed E-state index contributed by atoms with van der Waals surface area (Å²) in [6.07, 6.45) is 3.66. The second kappa shape index (κ2) is 5.99. The molecule has 0 aliphatic carbocycles. The van der Waals surface area contributed by atoms with Crippen LogP contribution >= 0.6 is 0 Å². The zero-order valence-corrected chi connectivity index (χ0v) is 13.8. The molecule has 118 valence electrons. The highest BCUT2D eigenvalue weighted by atomic mass is 17.0. The third kappa shape index (κ3) is 3.24. The van der Waals surface area contributed by atoms with E-state index in [2.05, 4.69) is 11.4 Å². The van der Waals surface area contributed by atoms with Gasteiger partial charge < -0.3 is 5.32 Å². The molecule has 1 saturated heterocycles. The smallest absolute Gasteiger partial charge is 0.133 e. The summed E-state index contributed by atoms with van der Waals surface area (Å²) in [5.41, 5.74) is 0.846. The number of benzene rings is 1. The van der Waals surface area contributed by atoms with E-state index in [1.165, 1.54) is 5.23 Å². The SMILES string of the molecule is C/C=C/C(C#N)Nc1ccc(N2OC(C)(C)C(C)(C)O2)cc1. The quantitative estimate of drug-likeness (QED) is 0.857. The lowest BCUT2D eigenvalue weighted by Gasteiger charge is -2.26. The number of allylic oxidation sites excluding steroid dienone is 1. The maximum atomic E-state index is 9.05. The van der Waals surface area contributed by atoms with Gasteiger partial charge in [0.05, 0.1) is 11.8 Å². The third-order valence-electron chi connectivity index (χ3n) is 4.00. The molecular weight excluding hydrogens is 278 g/mol. The van der Waals surface area contributed by atoms with Gasteiger partial charge in [-0.1, -0.05) is 12.2 Å². The number of nitrogens with zero attached hydrogens (tertiary/aromatic N) is 2. The molecule has 1 aromatic carbocycles.